The van der Waals surface area contributed by atoms with Gasteiger partial charge in [0, 0.05) is 11.0 Å². The zero-order valence-corrected chi connectivity index (χ0v) is 9.38. The maximum Gasteiger partial charge on any atom is 0.127 e. The number of benzene rings is 1. The molecule has 2 heteroatoms. The average Bonchev–Trinajstić information content (AvgIpc) is 2.60. The summed E-state index contributed by atoms with van der Waals surface area (Å²) < 4.78 is 11.5. The Labute approximate surface area is 94.9 Å². The molecule has 0 saturated heterocycles. The molecule has 1 atom stereocenters. The van der Waals surface area contributed by atoms with Gasteiger partial charge in [-0.1, -0.05) is 19.1 Å². The molecule has 1 aliphatic carbocycles. The zero-order valence-electron chi connectivity index (χ0n) is 9.38. The quantitative estimate of drug-likeness (QED) is 0.660. The van der Waals surface area contributed by atoms with E-state index in [0.29, 0.717) is 6.61 Å². The van der Waals surface area contributed by atoms with Gasteiger partial charge in [-0.2, -0.15) is 0 Å². The van der Waals surface area contributed by atoms with E-state index in [9.17, 15) is 0 Å². The van der Waals surface area contributed by atoms with E-state index in [-0.39, 0.29) is 5.41 Å². The highest BCUT2D eigenvalue weighted by Gasteiger charge is 2.45. The van der Waals surface area contributed by atoms with Crippen LogP contribution in [0.2, 0.25) is 0 Å². The second-order valence-corrected chi connectivity index (χ2v) is 5.29. The van der Waals surface area contributed by atoms with E-state index in [1.54, 1.807) is 0 Å². The third-order valence-electron chi connectivity index (χ3n) is 4.00. The van der Waals surface area contributed by atoms with Gasteiger partial charge in [-0.05, 0) is 29.2 Å². The first-order valence-electron chi connectivity index (χ1n) is 5.83. The second kappa shape index (κ2) is 2.69. The van der Waals surface area contributed by atoms with Gasteiger partial charge in [-0.3, -0.25) is 0 Å². The van der Waals surface area contributed by atoms with Gasteiger partial charge in [-0.25, -0.2) is 0 Å². The van der Waals surface area contributed by atoms with Crippen molar-refractivity contribution < 1.29 is 9.47 Å². The number of rotatable bonds is 0. The molecule has 0 N–H and O–H groups in total. The first-order valence-corrected chi connectivity index (χ1v) is 5.83. The Bertz CT molecular complexity index is 515. The molecule has 1 aromatic rings. The van der Waals surface area contributed by atoms with Crippen LogP contribution < -0.4 is 4.74 Å². The van der Waals surface area contributed by atoms with E-state index >= 15 is 0 Å². The van der Waals surface area contributed by atoms with Gasteiger partial charge in [-0.15, -0.1) is 0 Å². The van der Waals surface area contributed by atoms with Gasteiger partial charge in [0.1, 0.15) is 12.4 Å². The lowest BCUT2D eigenvalue weighted by atomic mass is 9.79. The molecule has 0 aromatic heterocycles. The van der Waals surface area contributed by atoms with Crippen LogP contribution in [0.4, 0.5) is 0 Å². The summed E-state index contributed by atoms with van der Waals surface area (Å²) in [6.45, 7) is 4.62. The molecule has 2 nitrogen and oxygen atoms in total. The fourth-order valence-electron chi connectivity index (χ4n) is 3.42. The summed E-state index contributed by atoms with van der Waals surface area (Å²) in [5.74, 6) is 1.07. The minimum atomic E-state index is 0.190. The Morgan fingerprint density at radius 1 is 1.25 bits per heavy atom. The normalized spacial score (nSPS) is 30.1. The van der Waals surface area contributed by atoms with Crippen LogP contribution in [0, 0.1) is 5.41 Å². The van der Waals surface area contributed by atoms with E-state index in [0.717, 1.165) is 25.4 Å². The van der Waals surface area contributed by atoms with E-state index in [1.165, 1.54) is 22.3 Å². The van der Waals surface area contributed by atoms with Gasteiger partial charge in [0.05, 0.1) is 13.2 Å². The third kappa shape index (κ3) is 0.914. The zero-order chi connectivity index (χ0) is 10.8. The van der Waals surface area contributed by atoms with E-state index < -0.39 is 0 Å². The maximum atomic E-state index is 5.81. The maximum absolute atomic E-state index is 5.81. The highest BCUT2D eigenvalue weighted by molar-refractivity contribution is 5.85. The SMILES string of the molecule is CC12COCC3=C1c1c(cccc1OC3)C2. The van der Waals surface area contributed by atoms with Crippen molar-refractivity contribution in [2.24, 2.45) is 5.41 Å². The first kappa shape index (κ1) is 8.82. The Kier molecular flexibility index (Phi) is 1.48. The topological polar surface area (TPSA) is 18.5 Å². The van der Waals surface area contributed by atoms with Crippen molar-refractivity contribution in [1.82, 2.24) is 0 Å². The molecular weight excluding hydrogens is 200 g/mol. The van der Waals surface area contributed by atoms with Crippen LogP contribution in [-0.4, -0.2) is 19.8 Å². The fourth-order valence-corrected chi connectivity index (χ4v) is 3.42. The van der Waals surface area contributed by atoms with Crippen molar-refractivity contribution in [2.45, 2.75) is 13.3 Å². The van der Waals surface area contributed by atoms with Crippen LogP contribution in [0.25, 0.3) is 5.57 Å². The molecule has 0 saturated carbocycles. The number of hydrogen-bond donors (Lipinski definition) is 0. The van der Waals surface area contributed by atoms with Crippen molar-refractivity contribution in [1.29, 1.82) is 0 Å². The van der Waals surface area contributed by atoms with Crippen LogP contribution in [0.5, 0.6) is 5.75 Å². The van der Waals surface area contributed by atoms with Crippen LogP contribution in [-0.2, 0) is 11.2 Å². The molecule has 2 heterocycles. The van der Waals surface area contributed by atoms with Crippen molar-refractivity contribution >= 4 is 5.57 Å². The van der Waals surface area contributed by atoms with Gasteiger partial charge in [0.2, 0.25) is 0 Å². The van der Waals surface area contributed by atoms with Crippen LogP contribution in [0.15, 0.2) is 23.8 Å². The van der Waals surface area contributed by atoms with Crippen LogP contribution in [0.3, 0.4) is 0 Å². The standard InChI is InChI=1S/C14H14O2/c1-14-5-9-3-2-4-11-12(9)13(14)10(7-16-11)6-15-8-14/h2-4H,5-8H2,1H3. The van der Waals surface area contributed by atoms with E-state index in [1.807, 2.05) is 0 Å². The lowest BCUT2D eigenvalue weighted by Gasteiger charge is -2.35. The Morgan fingerprint density at radius 2 is 2.19 bits per heavy atom. The predicted molar refractivity (Wildman–Crippen MR) is 61.5 cm³/mol. The van der Waals surface area contributed by atoms with Gasteiger partial charge >= 0.3 is 0 Å². The molecule has 2 aliphatic heterocycles. The molecule has 1 aromatic carbocycles. The number of ether oxygens (including phenoxy) is 2. The summed E-state index contributed by atoms with van der Waals surface area (Å²) in [4.78, 5) is 0. The molecule has 82 valence electrons. The Balaban J connectivity index is 2.07. The summed E-state index contributed by atoms with van der Waals surface area (Å²) in [5.41, 5.74) is 5.87. The number of hydrogen-bond acceptors (Lipinski definition) is 2. The minimum Gasteiger partial charge on any atom is -0.488 e. The van der Waals surface area contributed by atoms with E-state index in [4.69, 9.17) is 9.47 Å². The van der Waals surface area contributed by atoms with Crippen LogP contribution in [0.1, 0.15) is 18.1 Å². The molecule has 0 amide bonds. The third-order valence-corrected chi connectivity index (χ3v) is 4.00. The second-order valence-electron chi connectivity index (χ2n) is 5.29. The lowest BCUT2D eigenvalue weighted by molar-refractivity contribution is 0.0789. The summed E-state index contributed by atoms with van der Waals surface area (Å²) in [6, 6.07) is 6.41. The van der Waals surface area contributed by atoms with Crippen molar-refractivity contribution in [3.05, 3.63) is 34.9 Å². The van der Waals surface area contributed by atoms with Crippen molar-refractivity contribution in [2.75, 3.05) is 19.8 Å². The summed E-state index contributed by atoms with van der Waals surface area (Å²) in [5, 5.41) is 0. The lowest BCUT2D eigenvalue weighted by Crippen LogP contribution is -2.32. The van der Waals surface area contributed by atoms with Crippen molar-refractivity contribution in [3.8, 4) is 5.75 Å². The highest BCUT2D eigenvalue weighted by atomic mass is 16.5. The first-order chi connectivity index (χ1) is 7.78. The monoisotopic (exact) mass is 214 g/mol. The smallest absolute Gasteiger partial charge is 0.127 e. The molecule has 16 heavy (non-hydrogen) atoms. The molecule has 3 aliphatic rings. The minimum absolute atomic E-state index is 0.190. The molecule has 1 unspecified atom stereocenters. The van der Waals surface area contributed by atoms with Gasteiger partial charge < -0.3 is 9.47 Å². The molecule has 0 bridgehead atoms. The van der Waals surface area contributed by atoms with Crippen molar-refractivity contribution in [3.63, 3.8) is 0 Å². The van der Waals surface area contributed by atoms with E-state index in [2.05, 4.69) is 25.1 Å². The summed E-state index contributed by atoms with van der Waals surface area (Å²) in [6.07, 6.45) is 1.10. The van der Waals surface area contributed by atoms with Gasteiger partial charge in [0.25, 0.3) is 0 Å². The summed E-state index contributed by atoms with van der Waals surface area (Å²) >= 11 is 0. The average molecular weight is 214 g/mol. The molecule has 0 fully saturated rings. The summed E-state index contributed by atoms with van der Waals surface area (Å²) in [7, 11) is 0. The Morgan fingerprint density at radius 3 is 3.12 bits per heavy atom. The fraction of sp³-hybridized carbons (Fsp3) is 0.429. The Hall–Kier alpha value is -1.28. The predicted octanol–water partition coefficient (Wildman–Crippen LogP) is 2.43. The molecule has 0 radical (unpaired) electrons. The highest BCUT2D eigenvalue weighted by Crippen LogP contribution is 2.54. The molecule has 0 spiro atoms. The van der Waals surface area contributed by atoms with Crippen LogP contribution >= 0.6 is 0 Å². The largest absolute Gasteiger partial charge is 0.488 e. The molecule has 4 rings (SSSR count). The molecular formula is C14H14O2. The van der Waals surface area contributed by atoms with Gasteiger partial charge in [0.15, 0.2) is 0 Å².